The molecule has 4 heteroatoms. The molecular weight excluding hydrogens is 340 g/mol. The third-order valence-electron chi connectivity index (χ3n) is 5.52. The number of carbonyl (C=O) groups excluding carboxylic acids is 1. The first kappa shape index (κ1) is 14.2. The summed E-state index contributed by atoms with van der Waals surface area (Å²) in [4.78, 5) is 16.7. The minimum absolute atomic E-state index is 0.0457. The van der Waals surface area contributed by atoms with Crippen LogP contribution in [-0.4, -0.2) is 15.3 Å². The third kappa shape index (κ3) is 2.00. The van der Waals surface area contributed by atoms with Gasteiger partial charge in [-0.2, -0.15) is 0 Å². The summed E-state index contributed by atoms with van der Waals surface area (Å²) in [6.07, 6.45) is 4.44. The Bertz CT molecular complexity index is 737. The summed E-state index contributed by atoms with van der Waals surface area (Å²) in [7, 11) is 0. The molecule has 1 aromatic carbocycles. The largest absolute Gasteiger partial charge is 0.300 e. The van der Waals surface area contributed by atoms with Crippen molar-refractivity contribution in [1.29, 1.82) is 0 Å². The number of aromatic nitrogens is 2. The number of hydrogen-bond acceptors (Lipinski definition) is 2. The molecule has 2 aliphatic carbocycles. The minimum Gasteiger partial charge on any atom is -0.300 e. The molecule has 0 bridgehead atoms. The lowest BCUT2D eigenvalue weighted by Crippen LogP contribution is -2.42. The van der Waals surface area contributed by atoms with E-state index in [0.29, 0.717) is 18.1 Å². The lowest BCUT2D eigenvalue weighted by molar-refractivity contribution is -0.123. The predicted molar refractivity (Wildman–Crippen MR) is 89.3 cm³/mol. The maximum absolute atomic E-state index is 11.8. The number of carbonyl (C=O) groups is 1. The van der Waals surface area contributed by atoms with Gasteiger partial charge in [0.1, 0.15) is 5.78 Å². The van der Waals surface area contributed by atoms with Gasteiger partial charge in [-0.25, -0.2) is 4.98 Å². The highest BCUT2D eigenvalue weighted by Crippen LogP contribution is 2.49. The smallest absolute Gasteiger partial charge is 0.182 e. The van der Waals surface area contributed by atoms with Gasteiger partial charge in [0, 0.05) is 29.6 Å². The van der Waals surface area contributed by atoms with Crippen LogP contribution in [0.4, 0.5) is 0 Å². The zero-order chi connectivity index (χ0) is 15.3. The van der Waals surface area contributed by atoms with Crippen LogP contribution in [-0.2, 0) is 16.6 Å². The number of benzene rings is 1. The van der Waals surface area contributed by atoms with Gasteiger partial charge in [0.2, 0.25) is 0 Å². The molecule has 2 aliphatic rings. The van der Waals surface area contributed by atoms with Gasteiger partial charge in [0.25, 0.3) is 0 Å². The Morgan fingerprint density at radius 2 is 2.05 bits per heavy atom. The SMILES string of the molecule is C[C@]12CCC(=O)C[C@@H]1CCc1c2nc(Br)n1-c1ccccc1. The Labute approximate surface area is 138 Å². The molecule has 0 unspecified atom stereocenters. The molecule has 1 heterocycles. The van der Waals surface area contributed by atoms with Crippen LogP contribution in [0.3, 0.4) is 0 Å². The lowest BCUT2D eigenvalue weighted by atomic mass is 9.60. The Morgan fingerprint density at radius 1 is 1.27 bits per heavy atom. The number of ketones is 1. The molecule has 0 radical (unpaired) electrons. The predicted octanol–water partition coefficient (Wildman–Crippen LogP) is 4.21. The van der Waals surface area contributed by atoms with Gasteiger partial charge >= 0.3 is 0 Å². The monoisotopic (exact) mass is 358 g/mol. The Morgan fingerprint density at radius 3 is 2.82 bits per heavy atom. The standard InChI is InChI=1S/C18H19BrN2O/c1-18-10-9-14(22)11-12(18)7-8-15-16(18)20-17(19)21(15)13-5-3-2-4-6-13/h2-6,12H,7-11H2,1H3/t12-,18-/m0/s1. The van der Waals surface area contributed by atoms with Gasteiger partial charge in [-0.05, 0) is 53.2 Å². The molecule has 0 saturated heterocycles. The van der Waals surface area contributed by atoms with Gasteiger partial charge < -0.3 is 0 Å². The Balaban J connectivity index is 1.85. The molecule has 114 valence electrons. The number of halogens is 1. The van der Waals surface area contributed by atoms with E-state index >= 15 is 0 Å². The summed E-state index contributed by atoms with van der Waals surface area (Å²) in [6.45, 7) is 2.30. The highest BCUT2D eigenvalue weighted by atomic mass is 79.9. The van der Waals surface area contributed by atoms with E-state index in [1.807, 2.05) is 6.07 Å². The quantitative estimate of drug-likeness (QED) is 0.765. The van der Waals surface area contributed by atoms with Crippen LogP contribution < -0.4 is 0 Å². The molecule has 0 spiro atoms. The van der Waals surface area contributed by atoms with E-state index in [1.54, 1.807) is 0 Å². The first-order valence-electron chi connectivity index (χ1n) is 7.94. The van der Waals surface area contributed by atoms with E-state index in [4.69, 9.17) is 4.98 Å². The Kier molecular flexibility index (Phi) is 3.26. The Hall–Kier alpha value is -1.42. The first-order valence-corrected chi connectivity index (χ1v) is 8.73. The second-order valence-corrected chi connectivity index (χ2v) is 7.45. The third-order valence-corrected chi connectivity index (χ3v) is 6.05. The van der Waals surface area contributed by atoms with Crippen molar-refractivity contribution in [2.75, 3.05) is 0 Å². The highest BCUT2D eigenvalue weighted by Gasteiger charge is 2.46. The van der Waals surface area contributed by atoms with E-state index in [2.05, 4.69) is 51.7 Å². The van der Waals surface area contributed by atoms with Crippen molar-refractivity contribution >= 4 is 21.7 Å². The molecule has 22 heavy (non-hydrogen) atoms. The number of nitrogens with zero attached hydrogens (tertiary/aromatic N) is 2. The van der Waals surface area contributed by atoms with Crippen molar-refractivity contribution in [3.63, 3.8) is 0 Å². The molecule has 1 aromatic heterocycles. The summed E-state index contributed by atoms with van der Waals surface area (Å²) in [6, 6.07) is 10.4. The minimum atomic E-state index is 0.0457. The molecule has 0 aliphatic heterocycles. The van der Waals surface area contributed by atoms with Crippen LogP contribution in [0.2, 0.25) is 0 Å². The maximum Gasteiger partial charge on any atom is 0.182 e. The fourth-order valence-electron chi connectivity index (χ4n) is 4.20. The number of fused-ring (bicyclic) bond motifs is 3. The van der Waals surface area contributed by atoms with Crippen molar-refractivity contribution < 1.29 is 4.79 Å². The van der Waals surface area contributed by atoms with E-state index in [-0.39, 0.29) is 5.41 Å². The van der Waals surface area contributed by atoms with Gasteiger partial charge in [0.05, 0.1) is 5.69 Å². The average Bonchev–Trinajstić information content (AvgIpc) is 2.86. The van der Waals surface area contributed by atoms with E-state index in [9.17, 15) is 4.79 Å². The van der Waals surface area contributed by atoms with E-state index in [0.717, 1.165) is 36.1 Å². The molecule has 4 rings (SSSR count). The van der Waals surface area contributed by atoms with Crippen LogP contribution in [0.15, 0.2) is 35.1 Å². The maximum atomic E-state index is 11.8. The van der Waals surface area contributed by atoms with Gasteiger partial charge in [-0.1, -0.05) is 25.1 Å². The van der Waals surface area contributed by atoms with Crippen LogP contribution in [0.5, 0.6) is 0 Å². The fourth-order valence-corrected chi connectivity index (χ4v) is 4.80. The van der Waals surface area contributed by atoms with Crippen molar-refractivity contribution in [3.8, 4) is 5.69 Å². The number of rotatable bonds is 1. The summed E-state index contributed by atoms with van der Waals surface area (Å²) in [5, 5.41) is 0. The zero-order valence-corrected chi connectivity index (χ0v) is 14.3. The highest BCUT2D eigenvalue weighted by molar-refractivity contribution is 9.10. The van der Waals surface area contributed by atoms with Gasteiger partial charge in [0.15, 0.2) is 4.73 Å². The molecule has 2 atom stereocenters. The second-order valence-electron chi connectivity index (χ2n) is 6.74. The normalized spacial score (nSPS) is 27.4. The molecule has 3 nitrogen and oxygen atoms in total. The summed E-state index contributed by atoms with van der Waals surface area (Å²) in [5.41, 5.74) is 3.71. The van der Waals surface area contributed by atoms with Gasteiger partial charge in [-0.15, -0.1) is 0 Å². The second kappa shape index (κ2) is 5.05. The molecular formula is C18H19BrN2O. The number of para-hydroxylation sites is 1. The van der Waals surface area contributed by atoms with Crippen LogP contribution in [0, 0.1) is 5.92 Å². The molecule has 0 N–H and O–H groups in total. The van der Waals surface area contributed by atoms with Crippen molar-refractivity contribution in [2.24, 2.45) is 5.92 Å². The average molecular weight is 359 g/mol. The molecule has 1 saturated carbocycles. The van der Waals surface area contributed by atoms with Crippen LogP contribution >= 0.6 is 15.9 Å². The van der Waals surface area contributed by atoms with Gasteiger partial charge in [-0.3, -0.25) is 9.36 Å². The number of hydrogen-bond donors (Lipinski definition) is 0. The van der Waals surface area contributed by atoms with Crippen molar-refractivity contribution in [1.82, 2.24) is 9.55 Å². The van der Waals surface area contributed by atoms with E-state index < -0.39 is 0 Å². The van der Waals surface area contributed by atoms with Crippen LogP contribution in [0.25, 0.3) is 5.69 Å². The zero-order valence-electron chi connectivity index (χ0n) is 12.7. The molecule has 1 fully saturated rings. The van der Waals surface area contributed by atoms with Crippen molar-refractivity contribution in [2.45, 2.75) is 44.4 Å². The van der Waals surface area contributed by atoms with Crippen molar-refractivity contribution in [3.05, 3.63) is 46.5 Å². The van der Waals surface area contributed by atoms with Crippen LogP contribution in [0.1, 0.15) is 44.0 Å². The topological polar surface area (TPSA) is 34.9 Å². The summed E-state index contributed by atoms with van der Waals surface area (Å²) < 4.78 is 3.11. The summed E-state index contributed by atoms with van der Waals surface area (Å²) >= 11 is 3.65. The lowest BCUT2D eigenvalue weighted by Gasteiger charge is -2.43. The molecule has 0 amide bonds. The molecule has 2 aromatic rings. The fraction of sp³-hybridized carbons (Fsp3) is 0.444. The summed E-state index contributed by atoms with van der Waals surface area (Å²) in [5.74, 6) is 0.875. The first-order chi connectivity index (χ1) is 10.6. The number of Topliss-reactive ketones (excluding diaryl/α,β-unsaturated/α-hetero) is 1. The van der Waals surface area contributed by atoms with E-state index in [1.165, 1.54) is 11.4 Å². The number of imidazole rings is 1.